The zero-order valence-corrected chi connectivity index (χ0v) is 71.1. The van der Waals surface area contributed by atoms with Crippen LogP contribution in [0.5, 0.6) is 0 Å². The van der Waals surface area contributed by atoms with Crippen molar-refractivity contribution >= 4 is 16.9 Å². The van der Waals surface area contributed by atoms with Crippen LogP contribution in [0.1, 0.15) is 13.8 Å². The van der Waals surface area contributed by atoms with Crippen molar-refractivity contribution in [2.75, 3.05) is 0 Å². The molecule has 0 saturated heterocycles. The first-order chi connectivity index (χ1) is 69.3. The van der Waals surface area contributed by atoms with E-state index in [1.54, 1.807) is 6.92 Å². The second-order valence-electron chi connectivity index (χ2n) is 17.4. The van der Waals surface area contributed by atoms with E-state index < -0.39 is 0 Å². The molecule has 0 N–H and O–H groups in total. The molecule has 0 spiro atoms. The fourth-order valence-electron chi connectivity index (χ4n) is 4.25. The maximum Gasteiger partial charge on any atom is 0.198 e. The Morgan fingerprint density at radius 3 is 0.194 bits per heavy atom. The van der Waals surface area contributed by atoms with Gasteiger partial charge in [-0.15, -0.1) is 0 Å². The Labute approximate surface area is 822 Å². The molecule has 0 aromatic rings. The number of hydrogen-bond donors (Lipinski definition) is 0. The first-order valence-corrected chi connectivity index (χ1v) is 35.7. The Hall–Kier alpha value is -29.5. The Morgan fingerprint density at radius 1 is 0.0935 bits per heavy atom. The van der Waals surface area contributed by atoms with Crippen molar-refractivity contribution in [3.8, 4) is 793 Å². The predicted octanol–water partition coefficient (Wildman–Crippen LogP) is 1.47. The highest BCUT2D eigenvalue weighted by Crippen LogP contribution is 1.95. The largest absolute Gasteiger partial charge is 0.287 e. The van der Waals surface area contributed by atoms with Crippen LogP contribution in [0, 0.1) is 793 Å². The van der Waals surface area contributed by atoms with Crippen LogP contribution in [0.15, 0.2) is 0 Å². The van der Waals surface area contributed by atoms with Crippen molar-refractivity contribution in [1.82, 2.24) is 0 Å². The minimum atomic E-state index is -0.115. The topological polar surface area (TPSA) is 17.1 Å². The molecular weight excluding hydrogens is 1690 g/mol. The van der Waals surface area contributed by atoms with Crippen LogP contribution >= 0.6 is 11.8 Å². The zero-order chi connectivity index (χ0) is 99.0. The van der Waals surface area contributed by atoms with Gasteiger partial charge in [0, 0.05) is 705 Å². The molecule has 0 unspecified atom stereocenters. The second-order valence-corrected chi connectivity index (χ2v) is 18.4. The predicted molar refractivity (Wildman–Crippen MR) is 545 cm³/mol. The summed E-state index contributed by atoms with van der Waals surface area (Å²) >= 11 is 0.857. The number of hydrogen-bond acceptors (Lipinski definition) is 2. The molecule has 139 heavy (non-hydrogen) atoms. The quantitative estimate of drug-likeness (QED) is 0.343. The summed E-state index contributed by atoms with van der Waals surface area (Å²) < 4.78 is 0. The van der Waals surface area contributed by atoms with Crippen LogP contribution in [0.25, 0.3) is 0 Å². The van der Waals surface area contributed by atoms with E-state index in [-0.39, 0.29) is 5.12 Å². The summed E-state index contributed by atoms with van der Waals surface area (Å²) in [5, 5.41) is 2.39. The first-order valence-electron chi connectivity index (χ1n) is 34.9. The standard InChI is InChI=1S/C137H6OS/c1-3-4-5-6-7-8-9-10-11-12-13-14-15-16-17-18-19-20-21-22-23-24-25-26-27-28-29-30-31-32-33-34-35-36-37-38-39-40-41-42-43-44-45-46-47-48-49-50-51-52-53-54-55-56-57-58-59-60-61-62-63-64-65-66-67-68-69-70-71-72-73-74-75-76-77-78-79-80-81-82-83-84-85-86-87-88-89-90-91-92-93-94-95-96-97-98-99-100-101-102-103-104-105-106-107-108-109-110-111-112-113-114-115-116-117-118-119-120-121-122-123-124-125-126-127-128-129-130-131-132-133-134-135-136-139-137(2)138/h1-2H3. The minimum Gasteiger partial charge on any atom is -0.287 e. The van der Waals surface area contributed by atoms with E-state index in [0.717, 1.165) is 11.8 Å². The lowest BCUT2D eigenvalue weighted by atomic mass is 10.4. The van der Waals surface area contributed by atoms with E-state index in [1.165, 1.54) is 6.92 Å². The van der Waals surface area contributed by atoms with Gasteiger partial charge in [-0.05, 0) is 107 Å². The average molecular weight is 1700 g/mol. The molecule has 2 heteroatoms. The molecule has 0 atom stereocenters. The first kappa shape index (κ1) is 110. The van der Waals surface area contributed by atoms with Gasteiger partial charge in [-0.3, -0.25) is 4.79 Å². The highest BCUT2D eigenvalue weighted by molar-refractivity contribution is 8.17. The van der Waals surface area contributed by atoms with Crippen molar-refractivity contribution < 1.29 is 4.79 Å². The molecule has 0 bridgehead atoms. The number of thioether (sulfide) groups is 1. The van der Waals surface area contributed by atoms with Gasteiger partial charge < -0.3 is 0 Å². The summed E-state index contributed by atoms with van der Waals surface area (Å²) in [6.07, 6.45) is 0. The molecule has 0 heterocycles. The summed E-state index contributed by atoms with van der Waals surface area (Å²) in [6.45, 7) is 3.09. The van der Waals surface area contributed by atoms with Crippen LogP contribution in [0.2, 0.25) is 0 Å². The summed E-state index contributed by atoms with van der Waals surface area (Å²) in [5.74, 6) is 332. The lowest BCUT2D eigenvalue weighted by molar-refractivity contribution is -0.109. The molecule has 0 amide bonds. The second kappa shape index (κ2) is 107. The van der Waals surface area contributed by atoms with Crippen LogP contribution in [-0.4, -0.2) is 5.12 Å². The Bertz CT molecular complexity index is 9550. The maximum absolute atomic E-state index is 10.7. The molecular formula is C137H6OS. The lowest BCUT2D eigenvalue weighted by Gasteiger charge is -1.72. The van der Waals surface area contributed by atoms with E-state index in [1.807, 2.05) is 0 Å². The summed E-state index contributed by atoms with van der Waals surface area (Å²) in [5.41, 5.74) is 0. The van der Waals surface area contributed by atoms with Crippen molar-refractivity contribution in [2.24, 2.45) is 0 Å². The molecule has 0 aliphatic carbocycles. The van der Waals surface area contributed by atoms with Gasteiger partial charge in [0.25, 0.3) is 0 Å². The van der Waals surface area contributed by atoms with Gasteiger partial charge in [0.1, 0.15) is 0 Å². The molecule has 0 aromatic carbocycles. The maximum atomic E-state index is 10.7. The van der Waals surface area contributed by atoms with Crippen molar-refractivity contribution in [2.45, 2.75) is 13.8 Å². The molecule has 0 fully saturated rings. The molecule has 0 aromatic heterocycles. The van der Waals surface area contributed by atoms with Gasteiger partial charge in [-0.2, -0.15) is 0 Å². The van der Waals surface area contributed by atoms with E-state index in [9.17, 15) is 4.79 Å². The monoisotopic (exact) mass is 1700 g/mol. The third-order valence-corrected chi connectivity index (χ3v) is 9.05. The van der Waals surface area contributed by atoms with Gasteiger partial charge in [-0.1, -0.05) is 5.92 Å². The fourth-order valence-corrected chi connectivity index (χ4v) is 4.49. The molecule has 566 valence electrons. The Morgan fingerprint density at radius 2 is 0.144 bits per heavy atom. The van der Waals surface area contributed by atoms with Crippen LogP contribution in [0.3, 0.4) is 0 Å². The van der Waals surface area contributed by atoms with Crippen molar-refractivity contribution in [3.63, 3.8) is 0 Å². The average Bonchev–Trinajstić information content (AvgIpc) is 1.09. The fraction of sp³-hybridized carbons (Fsp3) is 0.0146. The van der Waals surface area contributed by atoms with Gasteiger partial charge in [0.15, 0.2) is 5.12 Å². The molecule has 0 rings (SSSR count). The smallest absolute Gasteiger partial charge is 0.198 e. The summed E-state index contributed by atoms with van der Waals surface area (Å²) in [6, 6.07) is 0. The third kappa shape index (κ3) is 109. The molecule has 1 nitrogen and oxygen atoms in total. The highest BCUT2D eigenvalue weighted by Gasteiger charge is 1.84. The molecule has 0 saturated carbocycles. The SMILES string of the molecule is CC#CC#CC#CC#CC#CC#CC#CC#CC#CC#CC#CC#CC#CC#CC#CC#CC#CC#CC#CC#CC#CC#CC#CC#CC#CC#CC#CC#CC#CC#CC#CC#CC#CC#CC#CC#CC#CC#CC#CC#CC#CC#CC#CC#CC#CC#CC#CC#CC#CC#CC#CC#CC#CC#CC#CC#CC#CC#CC#CC#CC#CC#CC#CC#CC#CC#CC#CSC(C)=O. The lowest BCUT2D eigenvalue weighted by Crippen LogP contribution is -1.73. The van der Waals surface area contributed by atoms with E-state index in [2.05, 4.69) is 793 Å². The van der Waals surface area contributed by atoms with Crippen molar-refractivity contribution in [1.29, 1.82) is 0 Å². The molecule has 0 aliphatic rings. The van der Waals surface area contributed by atoms with Crippen LogP contribution in [0.4, 0.5) is 0 Å². The molecule has 0 aliphatic heterocycles. The number of rotatable bonds is 0. The van der Waals surface area contributed by atoms with E-state index >= 15 is 0 Å². The minimum absolute atomic E-state index is 0.115. The van der Waals surface area contributed by atoms with Gasteiger partial charge >= 0.3 is 0 Å². The summed E-state index contributed by atoms with van der Waals surface area (Å²) in [4.78, 5) is 10.7. The number of carbonyl (C=O) groups is 1. The third-order valence-electron chi connectivity index (χ3n) is 8.56. The Kier molecular flexibility index (Phi) is 84.0. The van der Waals surface area contributed by atoms with Gasteiger partial charge in [0.2, 0.25) is 0 Å². The van der Waals surface area contributed by atoms with Crippen LogP contribution < -0.4 is 0 Å². The van der Waals surface area contributed by atoms with Crippen molar-refractivity contribution in [3.05, 3.63) is 0 Å². The van der Waals surface area contributed by atoms with E-state index in [4.69, 9.17) is 0 Å². The highest BCUT2D eigenvalue weighted by atomic mass is 32.2. The Balaban J connectivity index is 4.66. The van der Waals surface area contributed by atoms with Gasteiger partial charge in [-0.25, -0.2) is 0 Å². The number of carbonyl (C=O) groups excluding carboxylic acids is 1. The normalized spacial score (nSPS) is 4.13. The van der Waals surface area contributed by atoms with Gasteiger partial charge in [0.05, 0.1) is 0 Å². The van der Waals surface area contributed by atoms with E-state index in [0.29, 0.717) is 0 Å². The molecule has 0 radical (unpaired) electrons. The summed E-state index contributed by atoms with van der Waals surface area (Å²) in [7, 11) is 0. The van der Waals surface area contributed by atoms with Crippen LogP contribution in [-0.2, 0) is 4.79 Å². The zero-order valence-electron chi connectivity index (χ0n) is 70.3.